The predicted molar refractivity (Wildman–Crippen MR) is 100 cm³/mol. The third-order valence-electron chi connectivity index (χ3n) is 4.21. The molecule has 0 saturated carbocycles. The number of nitrogens with zero attached hydrogens (tertiary/aromatic N) is 2. The van der Waals surface area contributed by atoms with Gasteiger partial charge in [-0.2, -0.15) is 0 Å². The first kappa shape index (κ1) is 16.9. The van der Waals surface area contributed by atoms with Crippen LogP contribution in [0.5, 0.6) is 0 Å². The predicted octanol–water partition coefficient (Wildman–Crippen LogP) is 2.75. The molecule has 1 aliphatic rings. The van der Waals surface area contributed by atoms with Crippen molar-refractivity contribution < 1.29 is 13.2 Å². The van der Waals surface area contributed by atoms with E-state index >= 15 is 0 Å². The molecule has 0 unspecified atom stereocenters. The van der Waals surface area contributed by atoms with Crippen LogP contribution < -0.4 is 10.0 Å². The van der Waals surface area contributed by atoms with Crippen molar-refractivity contribution in [3.05, 3.63) is 41.0 Å². The summed E-state index contributed by atoms with van der Waals surface area (Å²) in [6.45, 7) is 1.16. The standard InChI is InChI=1S/C17H16N4O3S2/c1-10(22)21-26(23,24)12-7-5-11(6-8-12)20-16-15-13-3-2-4-14(13)25-17(15)19-9-18-16/h5-9H,2-4H2,1H3,(H,21,22)(H,18,19,20). The van der Waals surface area contributed by atoms with Gasteiger partial charge in [-0.1, -0.05) is 0 Å². The molecule has 0 spiro atoms. The topological polar surface area (TPSA) is 101 Å². The van der Waals surface area contributed by atoms with Crippen LogP contribution in [0.1, 0.15) is 23.8 Å². The second kappa shape index (κ2) is 6.33. The van der Waals surface area contributed by atoms with Crippen molar-refractivity contribution >= 4 is 49.0 Å². The normalized spacial score (nSPS) is 13.6. The highest BCUT2D eigenvalue weighted by atomic mass is 32.2. The van der Waals surface area contributed by atoms with E-state index in [0.29, 0.717) is 5.69 Å². The Morgan fingerprint density at radius 3 is 2.65 bits per heavy atom. The molecule has 1 amide bonds. The molecule has 3 aromatic rings. The summed E-state index contributed by atoms with van der Waals surface area (Å²) < 4.78 is 26.0. The van der Waals surface area contributed by atoms with Gasteiger partial charge in [-0.3, -0.25) is 4.79 Å². The minimum Gasteiger partial charge on any atom is -0.340 e. The van der Waals surface area contributed by atoms with Crippen molar-refractivity contribution in [1.29, 1.82) is 0 Å². The molecular weight excluding hydrogens is 372 g/mol. The van der Waals surface area contributed by atoms with E-state index in [1.54, 1.807) is 23.5 Å². The van der Waals surface area contributed by atoms with E-state index in [4.69, 9.17) is 0 Å². The minimum atomic E-state index is -3.83. The average molecular weight is 388 g/mol. The number of fused-ring (bicyclic) bond motifs is 3. The fourth-order valence-corrected chi connectivity index (χ4v) is 5.35. The molecule has 2 aromatic heterocycles. The molecule has 0 aliphatic heterocycles. The van der Waals surface area contributed by atoms with Crippen molar-refractivity contribution in [2.45, 2.75) is 31.1 Å². The minimum absolute atomic E-state index is 0.0301. The highest BCUT2D eigenvalue weighted by molar-refractivity contribution is 7.90. The Balaban J connectivity index is 1.65. The Bertz CT molecular complexity index is 1100. The number of sulfonamides is 1. The van der Waals surface area contributed by atoms with Gasteiger partial charge in [0.1, 0.15) is 17.0 Å². The van der Waals surface area contributed by atoms with Crippen LogP contribution in [0.4, 0.5) is 11.5 Å². The second-order valence-electron chi connectivity index (χ2n) is 6.07. The second-order valence-corrected chi connectivity index (χ2v) is 8.84. The summed E-state index contributed by atoms with van der Waals surface area (Å²) >= 11 is 1.71. The Morgan fingerprint density at radius 2 is 1.92 bits per heavy atom. The molecular formula is C17H16N4O3S2. The number of carbonyl (C=O) groups excluding carboxylic acids is 1. The van der Waals surface area contributed by atoms with Gasteiger partial charge in [0.15, 0.2) is 0 Å². The lowest BCUT2D eigenvalue weighted by Gasteiger charge is -2.09. The summed E-state index contributed by atoms with van der Waals surface area (Å²) in [5, 5.41) is 4.31. The Labute approximate surface area is 154 Å². The smallest absolute Gasteiger partial charge is 0.264 e. The summed E-state index contributed by atoms with van der Waals surface area (Å²) in [6, 6.07) is 6.19. The van der Waals surface area contributed by atoms with Gasteiger partial charge in [-0.15, -0.1) is 11.3 Å². The number of nitrogens with one attached hydrogen (secondary N) is 2. The molecule has 0 bridgehead atoms. The molecule has 0 fully saturated rings. The first-order chi connectivity index (χ1) is 12.4. The number of hydrogen-bond donors (Lipinski definition) is 2. The molecule has 9 heteroatoms. The molecule has 0 saturated heterocycles. The number of anilines is 2. The van der Waals surface area contributed by atoms with Gasteiger partial charge < -0.3 is 5.32 Å². The molecule has 2 heterocycles. The monoisotopic (exact) mass is 388 g/mol. The van der Waals surface area contributed by atoms with E-state index in [1.807, 2.05) is 4.72 Å². The first-order valence-corrected chi connectivity index (χ1v) is 10.4. The number of amides is 1. The van der Waals surface area contributed by atoms with Crippen molar-refractivity contribution in [2.24, 2.45) is 0 Å². The van der Waals surface area contributed by atoms with Gasteiger partial charge in [0.05, 0.1) is 10.3 Å². The zero-order valence-corrected chi connectivity index (χ0v) is 15.6. The molecule has 4 rings (SSSR count). The maximum Gasteiger partial charge on any atom is 0.264 e. The Hall–Kier alpha value is -2.52. The first-order valence-electron chi connectivity index (χ1n) is 8.10. The highest BCUT2D eigenvalue weighted by Crippen LogP contribution is 2.39. The largest absolute Gasteiger partial charge is 0.340 e. The molecule has 1 aliphatic carbocycles. The lowest BCUT2D eigenvalue weighted by molar-refractivity contribution is -0.117. The number of aryl methyl sites for hydroxylation is 2. The van der Waals surface area contributed by atoms with Gasteiger partial charge in [0.25, 0.3) is 10.0 Å². The van der Waals surface area contributed by atoms with Crippen molar-refractivity contribution in [1.82, 2.24) is 14.7 Å². The SMILES string of the molecule is CC(=O)NS(=O)(=O)c1ccc(Nc2ncnc3sc4c(c23)CCC4)cc1. The fourth-order valence-electron chi connectivity index (χ4n) is 3.13. The van der Waals surface area contributed by atoms with Crippen LogP contribution in [-0.4, -0.2) is 24.3 Å². The molecule has 2 N–H and O–H groups in total. The number of thiophene rings is 1. The summed E-state index contributed by atoms with van der Waals surface area (Å²) in [6.07, 6.45) is 4.81. The van der Waals surface area contributed by atoms with Crippen LogP contribution in [0.3, 0.4) is 0 Å². The van der Waals surface area contributed by atoms with Crippen LogP contribution in [0.25, 0.3) is 10.2 Å². The zero-order valence-electron chi connectivity index (χ0n) is 13.9. The van der Waals surface area contributed by atoms with E-state index in [1.165, 1.54) is 28.9 Å². The number of rotatable bonds is 4. The van der Waals surface area contributed by atoms with Crippen LogP contribution in [-0.2, 0) is 27.7 Å². The molecule has 7 nitrogen and oxygen atoms in total. The van der Waals surface area contributed by atoms with Gasteiger partial charge in [-0.25, -0.2) is 23.1 Å². The van der Waals surface area contributed by atoms with Crippen molar-refractivity contribution in [2.75, 3.05) is 5.32 Å². The summed E-state index contributed by atoms with van der Waals surface area (Å²) in [7, 11) is -3.83. The van der Waals surface area contributed by atoms with Gasteiger partial charge >= 0.3 is 0 Å². The maximum atomic E-state index is 12.0. The Morgan fingerprint density at radius 1 is 1.15 bits per heavy atom. The molecule has 26 heavy (non-hydrogen) atoms. The van der Waals surface area contributed by atoms with Gasteiger partial charge in [0.2, 0.25) is 5.91 Å². The van der Waals surface area contributed by atoms with Crippen LogP contribution in [0.2, 0.25) is 0 Å². The zero-order chi connectivity index (χ0) is 18.3. The summed E-state index contributed by atoms with van der Waals surface area (Å²) in [5.41, 5.74) is 2.03. The lowest BCUT2D eigenvalue weighted by Crippen LogP contribution is -2.28. The molecule has 134 valence electrons. The van der Waals surface area contributed by atoms with E-state index in [-0.39, 0.29) is 4.90 Å². The van der Waals surface area contributed by atoms with E-state index in [9.17, 15) is 13.2 Å². The van der Waals surface area contributed by atoms with Crippen molar-refractivity contribution in [3.63, 3.8) is 0 Å². The maximum absolute atomic E-state index is 12.0. The Kier molecular flexibility index (Phi) is 4.12. The van der Waals surface area contributed by atoms with Crippen LogP contribution in [0.15, 0.2) is 35.5 Å². The third kappa shape index (κ3) is 3.04. The average Bonchev–Trinajstić information content (AvgIpc) is 3.15. The highest BCUT2D eigenvalue weighted by Gasteiger charge is 2.21. The van der Waals surface area contributed by atoms with E-state index in [2.05, 4.69) is 15.3 Å². The molecule has 0 radical (unpaired) electrons. The number of benzene rings is 1. The lowest BCUT2D eigenvalue weighted by atomic mass is 10.2. The van der Waals surface area contributed by atoms with Gasteiger partial charge in [0, 0.05) is 17.5 Å². The number of carbonyl (C=O) groups is 1. The third-order valence-corrected chi connectivity index (χ3v) is 6.86. The van der Waals surface area contributed by atoms with Crippen LogP contribution >= 0.6 is 11.3 Å². The van der Waals surface area contributed by atoms with Gasteiger partial charge in [-0.05, 0) is 49.1 Å². The number of aromatic nitrogens is 2. The molecule has 0 atom stereocenters. The fraction of sp³-hybridized carbons (Fsp3) is 0.235. The summed E-state index contributed by atoms with van der Waals surface area (Å²) in [4.78, 5) is 22.1. The number of hydrogen-bond acceptors (Lipinski definition) is 7. The van der Waals surface area contributed by atoms with E-state index in [0.717, 1.165) is 42.2 Å². The van der Waals surface area contributed by atoms with Crippen LogP contribution in [0, 0.1) is 0 Å². The molecule has 1 aromatic carbocycles. The van der Waals surface area contributed by atoms with Crippen molar-refractivity contribution in [3.8, 4) is 0 Å². The summed E-state index contributed by atoms with van der Waals surface area (Å²) in [5.74, 6) is 0.105. The quantitative estimate of drug-likeness (QED) is 0.713. The van der Waals surface area contributed by atoms with E-state index < -0.39 is 15.9 Å².